The summed E-state index contributed by atoms with van der Waals surface area (Å²) < 4.78 is 0. The number of hydrogen-bond acceptors (Lipinski definition) is 4. The standard InChI is InChI=1S/C14H15N3O2S/c1-14(2)8-17(11(14)9-4-3-5-15-6-9)12(18)10-7-20-13(19)16-10/h3-7,11H,8H2,1-2H3,(H,16,19). The molecule has 0 radical (unpaired) electrons. The van der Waals surface area contributed by atoms with Gasteiger partial charge in [-0.3, -0.25) is 14.6 Å². The van der Waals surface area contributed by atoms with Gasteiger partial charge in [-0.15, -0.1) is 0 Å². The van der Waals surface area contributed by atoms with Gasteiger partial charge in [0.1, 0.15) is 5.69 Å². The van der Waals surface area contributed by atoms with Crippen LogP contribution in [0.4, 0.5) is 0 Å². The molecule has 104 valence electrons. The largest absolute Gasteiger partial charge is 0.329 e. The highest BCUT2D eigenvalue weighted by molar-refractivity contribution is 7.07. The van der Waals surface area contributed by atoms with Crippen LogP contribution >= 0.6 is 11.3 Å². The van der Waals surface area contributed by atoms with Gasteiger partial charge in [-0.05, 0) is 11.6 Å². The molecule has 2 aromatic heterocycles. The van der Waals surface area contributed by atoms with E-state index in [0.717, 1.165) is 16.9 Å². The number of carbonyl (C=O) groups is 1. The molecule has 5 nitrogen and oxygen atoms in total. The second-order valence-corrected chi connectivity index (χ2v) is 6.51. The van der Waals surface area contributed by atoms with Gasteiger partial charge in [0.15, 0.2) is 0 Å². The molecular formula is C14H15N3O2S. The van der Waals surface area contributed by atoms with Gasteiger partial charge in [0.2, 0.25) is 0 Å². The summed E-state index contributed by atoms with van der Waals surface area (Å²) in [5.41, 5.74) is 1.40. The fourth-order valence-electron chi connectivity index (χ4n) is 2.82. The first-order valence-corrected chi connectivity index (χ1v) is 7.26. The van der Waals surface area contributed by atoms with Crippen LogP contribution in [0.2, 0.25) is 0 Å². The molecular weight excluding hydrogens is 274 g/mol. The Bertz CT molecular complexity index is 690. The average Bonchev–Trinajstić information content (AvgIpc) is 2.83. The topological polar surface area (TPSA) is 66.1 Å². The molecule has 0 aromatic carbocycles. The quantitative estimate of drug-likeness (QED) is 0.920. The summed E-state index contributed by atoms with van der Waals surface area (Å²) in [6.45, 7) is 4.93. The highest BCUT2D eigenvalue weighted by Crippen LogP contribution is 2.48. The van der Waals surface area contributed by atoms with Crippen molar-refractivity contribution in [2.24, 2.45) is 5.41 Å². The minimum Gasteiger partial charge on any atom is -0.329 e. The second-order valence-electron chi connectivity index (χ2n) is 5.67. The molecule has 20 heavy (non-hydrogen) atoms. The molecule has 0 aliphatic carbocycles. The number of likely N-dealkylation sites (tertiary alicyclic amines) is 1. The zero-order valence-electron chi connectivity index (χ0n) is 11.3. The molecule has 1 aliphatic rings. The Labute approximate surface area is 120 Å². The summed E-state index contributed by atoms with van der Waals surface area (Å²) in [6, 6.07) is 3.85. The molecule has 2 aromatic rings. The minimum absolute atomic E-state index is 0.00731. The van der Waals surface area contributed by atoms with E-state index in [2.05, 4.69) is 23.8 Å². The van der Waals surface area contributed by atoms with Gasteiger partial charge >= 0.3 is 4.87 Å². The third-order valence-corrected chi connectivity index (χ3v) is 4.31. The van der Waals surface area contributed by atoms with Crippen LogP contribution in [0.15, 0.2) is 34.7 Å². The summed E-state index contributed by atoms with van der Waals surface area (Å²) in [6.07, 6.45) is 3.51. The number of amides is 1. The number of rotatable bonds is 2. The van der Waals surface area contributed by atoms with Crippen molar-refractivity contribution < 1.29 is 4.79 Å². The van der Waals surface area contributed by atoms with Crippen LogP contribution in [0.1, 0.15) is 35.9 Å². The fraction of sp³-hybridized carbons (Fsp3) is 0.357. The summed E-state index contributed by atoms with van der Waals surface area (Å²) >= 11 is 1.01. The number of nitrogens with one attached hydrogen (secondary N) is 1. The van der Waals surface area contributed by atoms with Crippen LogP contribution in [-0.2, 0) is 0 Å². The second kappa shape index (κ2) is 4.56. The summed E-state index contributed by atoms with van der Waals surface area (Å²) in [5, 5.41) is 1.58. The Morgan fingerprint density at radius 2 is 2.35 bits per heavy atom. The van der Waals surface area contributed by atoms with Crippen LogP contribution in [0.5, 0.6) is 0 Å². The summed E-state index contributed by atoms with van der Waals surface area (Å²) in [7, 11) is 0. The third-order valence-electron chi connectivity index (χ3n) is 3.64. The van der Waals surface area contributed by atoms with Crippen molar-refractivity contribution in [1.29, 1.82) is 0 Å². The number of nitrogens with zero attached hydrogens (tertiary/aromatic N) is 2. The van der Waals surface area contributed by atoms with E-state index in [-0.39, 0.29) is 22.2 Å². The molecule has 1 N–H and O–H groups in total. The molecule has 1 fully saturated rings. The molecule has 1 aliphatic heterocycles. The minimum atomic E-state index is -0.203. The maximum absolute atomic E-state index is 12.5. The Kier molecular flexibility index (Phi) is 2.97. The number of aromatic amines is 1. The zero-order valence-corrected chi connectivity index (χ0v) is 12.1. The van der Waals surface area contributed by atoms with Crippen LogP contribution in [0.25, 0.3) is 0 Å². The lowest BCUT2D eigenvalue weighted by molar-refractivity contribution is -0.0327. The molecule has 3 rings (SSSR count). The van der Waals surface area contributed by atoms with Crippen molar-refractivity contribution in [2.75, 3.05) is 6.54 Å². The predicted octanol–water partition coefficient (Wildman–Crippen LogP) is 2.05. The maximum Gasteiger partial charge on any atom is 0.305 e. The molecule has 0 saturated carbocycles. The lowest BCUT2D eigenvalue weighted by Gasteiger charge is -2.54. The average molecular weight is 289 g/mol. The number of H-pyrrole nitrogens is 1. The van der Waals surface area contributed by atoms with Gasteiger partial charge in [0.05, 0.1) is 6.04 Å². The molecule has 0 spiro atoms. The maximum atomic E-state index is 12.5. The highest BCUT2D eigenvalue weighted by Gasteiger charge is 2.49. The van der Waals surface area contributed by atoms with Gasteiger partial charge < -0.3 is 9.88 Å². The van der Waals surface area contributed by atoms with Crippen LogP contribution in [-0.4, -0.2) is 27.3 Å². The Balaban J connectivity index is 1.91. The van der Waals surface area contributed by atoms with Crippen molar-refractivity contribution in [3.05, 3.63) is 50.8 Å². The van der Waals surface area contributed by atoms with Crippen molar-refractivity contribution in [3.63, 3.8) is 0 Å². The van der Waals surface area contributed by atoms with Gasteiger partial charge in [-0.1, -0.05) is 31.3 Å². The number of hydrogen-bond donors (Lipinski definition) is 1. The number of carbonyl (C=O) groups excluding carboxylic acids is 1. The zero-order chi connectivity index (χ0) is 14.3. The number of pyridine rings is 1. The van der Waals surface area contributed by atoms with Gasteiger partial charge in [-0.2, -0.15) is 0 Å². The van der Waals surface area contributed by atoms with Crippen molar-refractivity contribution in [3.8, 4) is 0 Å². The van der Waals surface area contributed by atoms with Crippen LogP contribution < -0.4 is 4.87 Å². The van der Waals surface area contributed by atoms with E-state index in [4.69, 9.17) is 0 Å². The first-order valence-electron chi connectivity index (χ1n) is 6.38. The van der Waals surface area contributed by atoms with Crippen molar-refractivity contribution >= 4 is 17.2 Å². The van der Waals surface area contributed by atoms with E-state index in [1.54, 1.807) is 22.7 Å². The normalized spacial score (nSPS) is 20.5. The van der Waals surface area contributed by atoms with E-state index in [9.17, 15) is 9.59 Å². The summed E-state index contributed by atoms with van der Waals surface area (Å²) in [5.74, 6) is -0.128. The highest BCUT2D eigenvalue weighted by atomic mass is 32.1. The van der Waals surface area contributed by atoms with E-state index >= 15 is 0 Å². The smallest absolute Gasteiger partial charge is 0.305 e. The van der Waals surface area contributed by atoms with Crippen molar-refractivity contribution in [2.45, 2.75) is 19.9 Å². The third kappa shape index (κ3) is 2.06. The first-order chi connectivity index (χ1) is 9.49. The van der Waals surface area contributed by atoms with E-state index in [0.29, 0.717) is 12.2 Å². The Hall–Kier alpha value is -1.95. The lowest BCUT2D eigenvalue weighted by atomic mass is 9.72. The molecule has 0 bridgehead atoms. The Morgan fingerprint density at radius 1 is 1.55 bits per heavy atom. The molecule has 1 saturated heterocycles. The number of thiazole rings is 1. The molecule has 1 unspecified atom stereocenters. The molecule has 1 atom stereocenters. The summed E-state index contributed by atoms with van der Waals surface area (Å²) in [4.78, 5) is 31.9. The molecule has 6 heteroatoms. The van der Waals surface area contributed by atoms with Gasteiger partial charge in [0.25, 0.3) is 5.91 Å². The van der Waals surface area contributed by atoms with Gasteiger partial charge in [0, 0.05) is 29.7 Å². The Morgan fingerprint density at radius 3 is 2.90 bits per heavy atom. The first kappa shape index (κ1) is 13.1. The molecule has 1 amide bonds. The van der Waals surface area contributed by atoms with Crippen molar-refractivity contribution in [1.82, 2.24) is 14.9 Å². The lowest BCUT2D eigenvalue weighted by Crippen LogP contribution is -2.57. The SMILES string of the molecule is CC1(C)CN(C(=O)c2csc(=O)[nH]2)C1c1cccnc1. The van der Waals surface area contributed by atoms with Crippen LogP contribution in [0, 0.1) is 5.41 Å². The number of aromatic nitrogens is 2. The predicted molar refractivity (Wildman–Crippen MR) is 76.7 cm³/mol. The van der Waals surface area contributed by atoms with Gasteiger partial charge in [-0.25, -0.2) is 0 Å². The van der Waals surface area contributed by atoms with Crippen LogP contribution in [0.3, 0.4) is 0 Å². The monoisotopic (exact) mass is 289 g/mol. The van der Waals surface area contributed by atoms with E-state index in [1.807, 2.05) is 12.1 Å². The molecule has 3 heterocycles. The van der Waals surface area contributed by atoms with E-state index < -0.39 is 0 Å². The fourth-order valence-corrected chi connectivity index (χ4v) is 3.38. The van der Waals surface area contributed by atoms with E-state index in [1.165, 1.54) is 0 Å².